The maximum atomic E-state index is 12.6. The van der Waals surface area contributed by atoms with Gasteiger partial charge >= 0.3 is 0 Å². The Morgan fingerprint density at radius 3 is 2.68 bits per heavy atom. The van der Waals surface area contributed by atoms with Crippen LogP contribution in [0.4, 0.5) is 0 Å². The lowest BCUT2D eigenvalue weighted by Crippen LogP contribution is -2.52. The molecule has 3 rings (SSSR count). The van der Waals surface area contributed by atoms with Gasteiger partial charge in [-0.1, -0.05) is 13.8 Å². The van der Waals surface area contributed by atoms with Crippen LogP contribution in [0.1, 0.15) is 47.0 Å². The van der Waals surface area contributed by atoms with Crippen molar-refractivity contribution in [2.75, 3.05) is 13.1 Å². The highest BCUT2D eigenvalue weighted by Gasteiger charge is 2.55. The van der Waals surface area contributed by atoms with Gasteiger partial charge < -0.3 is 4.74 Å². The smallest absolute Gasteiger partial charge is 0.141 e. The summed E-state index contributed by atoms with van der Waals surface area (Å²) < 4.78 is 6.53. The molecule has 1 spiro atoms. The fourth-order valence-electron chi connectivity index (χ4n) is 4.56. The number of hydrogen-bond donors (Lipinski definition) is 0. The predicted octanol–water partition coefficient (Wildman–Crippen LogP) is 2.49. The van der Waals surface area contributed by atoms with E-state index < -0.39 is 0 Å². The van der Waals surface area contributed by atoms with E-state index in [9.17, 15) is 4.79 Å². The average Bonchev–Trinajstić information content (AvgIpc) is 2.83. The molecule has 2 aliphatic heterocycles. The lowest BCUT2D eigenvalue weighted by Gasteiger charge is -2.42. The van der Waals surface area contributed by atoms with Gasteiger partial charge in [-0.15, -0.1) is 0 Å². The van der Waals surface area contributed by atoms with E-state index in [-0.39, 0.29) is 17.6 Å². The van der Waals surface area contributed by atoms with E-state index in [1.807, 2.05) is 0 Å². The number of carbonyl (C=O) groups excluding carboxylic acids is 1. The van der Waals surface area contributed by atoms with Crippen molar-refractivity contribution in [3.05, 3.63) is 0 Å². The molecule has 0 aromatic rings. The lowest BCUT2D eigenvalue weighted by atomic mass is 9.80. The fraction of sp³-hybridized carbons (Fsp3) is 0.938. The van der Waals surface area contributed by atoms with Crippen LogP contribution in [0.15, 0.2) is 0 Å². The number of fused-ring (bicyclic) bond motifs is 1. The Morgan fingerprint density at radius 2 is 2.05 bits per heavy atom. The van der Waals surface area contributed by atoms with Crippen LogP contribution < -0.4 is 0 Å². The number of carbonyl (C=O) groups is 1. The van der Waals surface area contributed by atoms with Gasteiger partial charge in [0, 0.05) is 31.5 Å². The molecule has 0 aromatic carbocycles. The normalized spacial score (nSPS) is 47.3. The van der Waals surface area contributed by atoms with E-state index in [2.05, 4.69) is 32.6 Å². The van der Waals surface area contributed by atoms with Crippen LogP contribution >= 0.6 is 0 Å². The van der Waals surface area contributed by atoms with Gasteiger partial charge in [0.15, 0.2) is 0 Å². The van der Waals surface area contributed by atoms with Crippen molar-refractivity contribution in [3.8, 4) is 0 Å². The molecule has 0 aromatic heterocycles. The first kappa shape index (κ1) is 13.6. The minimum atomic E-state index is -0.166. The van der Waals surface area contributed by atoms with Gasteiger partial charge in [-0.25, -0.2) is 0 Å². The molecule has 0 radical (unpaired) electrons. The third-order valence-electron chi connectivity index (χ3n) is 5.60. The number of rotatable bonds is 1. The van der Waals surface area contributed by atoms with E-state index in [0.29, 0.717) is 30.1 Å². The molecule has 5 unspecified atom stereocenters. The second-order valence-corrected chi connectivity index (χ2v) is 7.44. The number of ether oxygens (including phenoxy) is 1. The topological polar surface area (TPSA) is 29.5 Å². The molecular weight excluding hydrogens is 238 g/mol. The third-order valence-corrected chi connectivity index (χ3v) is 5.60. The Balaban J connectivity index is 1.79. The summed E-state index contributed by atoms with van der Waals surface area (Å²) in [6.07, 6.45) is 3.00. The summed E-state index contributed by atoms with van der Waals surface area (Å²) in [4.78, 5) is 15.0. The number of ketones is 1. The van der Waals surface area contributed by atoms with Crippen molar-refractivity contribution in [2.45, 2.75) is 64.7 Å². The first-order chi connectivity index (χ1) is 8.92. The molecule has 2 heterocycles. The number of nitrogens with zero attached hydrogens (tertiary/aromatic N) is 1. The van der Waals surface area contributed by atoms with Crippen LogP contribution in [-0.2, 0) is 9.53 Å². The lowest BCUT2D eigenvalue weighted by molar-refractivity contribution is -0.170. The first-order valence-corrected chi connectivity index (χ1v) is 7.86. The van der Waals surface area contributed by atoms with Crippen molar-refractivity contribution >= 4 is 5.78 Å². The van der Waals surface area contributed by atoms with E-state index >= 15 is 0 Å². The van der Waals surface area contributed by atoms with Gasteiger partial charge in [0.25, 0.3) is 0 Å². The van der Waals surface area contributed by atoms with Gasteiger partial charge in [-0.2, -0.15) is 0 Å². The van der Waals surface area contributed by atoms with Crippen molar-refractivity contribution in [3.63, 3.8) is 0 Å². The van der Waals surface area contributed by atoms with Crippen LogP contribution in [0, 0.1) is 17.8 Å². The average molecular weight is 265 g/mol. The maximum absolute atomic E-state index is 12.6. The van der Waals surface area contributed by atoms with Gasteiger partial charge in [0.05, 0.1) is 11.7 Å². The predicted molar refractivity (Wildman–Crippen MR) is 75.0 cm³/mol. The molecule has 3 heteroatoms. The first-order valence-electron chi connectivity index (χ1n) is 7.86. The summed E-state index contributed by atoms with van der Waals surface area (Å²) in [7, 11) is 0. The minimum absolute atomic E-state index is 0.166. The second kappa shape index (κ2) is 4.56. The maximum Gasteiger partial charge on any atom is 0.141 e. The molecule has 3 fully saturated rings. The minimum Gasteiger partial charge on any atom is -0.369 e. The second-order valence-electron chi connectivity index (χ2n) is 7.44. The molecule has 0 bridgehead atoms. The number of Topliss-reactive ketones (excluding diaryl/α,β-unsaturated/α-hetero) is 1. The number of likely N-dealkylation sites (tertiary alicyclic amines) is 1. The van der Waals surface area contributed by atoms with E-state index in [0.717, 1.165) is 25.9 Å². The summed E-state index contributed by atoms with van der Waals surface area (Å²) in [5, 5.41) is 0. The van der Waals surface area contributed by atoms with Crippen molar-refractivity contribution < 1.29 is 9.53 Å². The van der Waals surface area contributed by atoms with Crippen molar-refractivity contribution in [1.82, 2.24) is 4.90 Å². The van der Waals surface area contributed by atoms with E-state index in [1.165, 1.54) is 0 Å². The Kier molecular flexibility index (Phi) is 3.25. The zero-order valence-electron chi connectivity index (χ0n) is 12.7. The Labute approximate surface area is 116 Å². The Hall–Kier alpha value is -0.410. The van der Waals surface area contributed by atoms with Gasteiger partial charge in [-0.3, -0.25) is 9.69 Å². The Bertz CT molecular complexity index is 381. The van der Waals surface area contributed by atoms with Crippen molar-refractivity contribution in [1.29, 1.82) is 0 Å². The molecule has 2 saturated heterocycles. The summed E-state index contributed by atoms with van der Waals surface area (Å²) in [6, 6.07) is 0.552. The highest BCUT2D eigenvalue weighted by molar-refractivity contribution is 5.84. The molecule has 108 valence electrons. The molecule has 3 nitrogen and oxygen atoms in total. The molecule has 0 amide bonds. The van der Waals surface area contributed by atoms with Crippen LogP contribution in [-0.4, -0.2) is 41.5 Å². The van der Waals surface area contributed by atoms with Gasteiger partial charge in [0.1, 0.15) is 5.78 Å². The van der Waals surface area contributed by atoms with Crippen LogP contribution in [0.2, 0.25) is 0 Å². The third kappa shape index (κ3) is 2.15. The Morgan fingerprint density at radius 1 is 1.32 bits per heavy atom. The van der Waals surface area contributed by atoms with E-state index in [4.69, 9.17) is 4.74 Å². The molecule has 1 saturated carbocycles. The summed E-state index contributed by atoms with van der Waals surface area (Å²) in [5.74, 6) is 1.69. The fourth-order valence-corrected chi connectivity index (χ4v) is 4.56. The van der Waals surface area contributed by atoms with Crippen LogP contribution in [0.25, 0.3) is 0 Å². The zero-order chi connectivity index (χ0) is 13.8. The van der Waals surface area contributed by atoms with Gasteiger partial charge in [-0.05, 0) is 38.5 Å². The molecule has 19 heavy (non-hydrogen) atoms. The molecular formula is C16H27NO2. The monoisotopic (exact) mass is 265 g/mol. The SMILES string of the molecule is CC1CC(C)C2C(=O)CC3(CCN(C(C)C)C3)OC12. The molecule has 0 N–H and O–H groups in total. The highest BCUT2D eigenvalue weighted by Crippen LogP contribution is 2.48. The quantitative estimate of drug-likeness (QED) is 0.729. The standard InChI is InChI=1S/C16H27NO2/c1-10(2)17-6-5-16(9-17)8-13(18)14-11(3)7-12(4)15(14)19-16/h10-12,14-15H,5-9H2,1-4H3. The summed E-state index contributed by atoms with van der Waals surface area (Å²) in [5.41, 5.74) is -0.166. The largest absolute Gasteiger partial charge is 0.369 e. The molecule has 5 atom stereocenters. The number of hydrogen-bond acceptors (Lipinski definition) is 3. The highest BCUT2D eigenvalue weighted by atomic mass is 16.5. The van der Waals surface area contributed by atoms with Crippen molar-refractivity contribution in [2.24, 2.45) is 17.8 Å². The zero-order valence-corrected chi connectivity index (χ0v) is 12.7. The van der Waals surface area contributed by atoms with E-state index in [1.54, 1.807) is 0 Å². The molecule has 1 aliphatic carbocycles. The summed E-state index contributed by atoms with van der Waals surface area (Å²) in [6.45, 7) is 10.9. The van der Waals surface area contributed by atoms with Crippen LogP contribution in [0.5, 0.6) is 0 Å². The van der Waals surface area contributed by atoms with Crippen LogP contribution in [0.3, 0.4) is 0 Å². The van der Waals surface area contributed by atoms with Gasteiger partial charge in [0.2, 0.25) is 0 Å². The summed E-state index contributed by atoms with van der Waals surface area (Å²) >= 11 is 0. The molecule has 3 aliphatic rings.